The fourth-order valence-corrected chi connectivity index (χ4v) is 4.38. The molecule has 0 bridgehead atoms. The zero-order valence-electron chi connectivity index (χ0n) is 17.1. The van der Waals surface area contributed by atoms with Crippen LogP contribution in [-0.4, -0.2) is 52.2 Å². The molecule has 0 unspecified atom stereocenters. The minimum atomic E-state index is 0. The molecule has 2 aromatic heterocycles. The second kappa shape index (κ2) is 11.6. The molecule has 0 radical (unpaired) electrons. The van der Waals surface area contributed by atoms with Crippen LogP contribution in [0.4, 0.5) is 0 Å². The molecule has 2 aromatic rings. The Morgan fingerprint density at radius 3 is 2.72 bits per heavy atom. The number of aliphatic imine (C=N–C) groups is 1. The summed E-state index contributed by atoms with van der Waals surface area (Å²) in [6.45, 7) is 3.80. The first-order valence-electron chi connectivity index (χ1n) is 10.8. The maximum atomic E-state index is 5.46. The number of rotatable bonds is 6. The van der Waals surface area contributed by atoms with Crippen molar-refractivity contribution in [1.29, 1.82) is 0 Å². The van der Waals surface area contributed by atoms with Crippen LogP contribution in [0.1, 0.15) is 62.4 Å². The standard InChI is InChI=1S/C21H32N6O.HI/c1-2-5-17(6-3-1)15-23-21(22-11-8-19-7-4-14-28-19)27-12-9-18(10-13-27)20-24-16-25-26-20;/h4,7,14,16-18H,1-3,5-6,8-13,15H2,(H,22,23)(H,24,25,26);1H. The third-order valence-electron chi connectivity index (χ3n) is 6.07. The second-order valence-corrected chi connectivity index (χ2v) is 8.06. The van der Waals surface area contributed by atoms with Gasteiger partial charge in [0, 0.05) is 38.5 Å². The second-order valence-electron chi connectivity index (χ2n) is 8.06. The van der Waals surface area contributed by atoms with Gasteiger partial charge >= 0.3 is 0 Å². The monoisotopic (exact) mass is 512 g/mol. The lowest BCUT2D eigenvalue weighted by Crippen LogP contribution is -2.46. The van der Waals surface area contributed by atoms with Crippen molar-refractivity contribution in [3.05, 3.63) is 36.3 Å². The first-order valence-corrected chi connectivity index (χ1v) is 10.8. The summed E-state index contributed by atoms with van der Waals surface area (Å²) in [6.07, 6.45) is 13.2. The molecule has 1 aliphatic heterocycles. The fraction of sp³-hybridized carbons (Fsp3) is 0.667. The number of furan rings is 1. The molecule has 1 saturated heterocycles. The van der Waals surface area contributed by atoms with E-state index >= 15 is 0 Å². The van der Waals surface area contributed by atoms with E-state index in [1.807, 2.05) is 12.1 Å². The van der Waals surface area contributed by atoms with Crippen LogP contribution in [0.15, 0.2) is 34.1 Å². The molecule has 8 heteroatoms. The van der Waals surface area contributed by atoms with E-state index in [2.05, 4.69) is 25.4 Å². The van der Waals surface area contributed by atoms with E-state index in [1.165, 1.54) is 32.1 Å². The summed E-state index contributed by atoms with van der Waals surface area (Å²) >= 11 is 0. The Morgan fingerprint density at radius 2 is 2.03 bits per heavy atom. The summed E-state index contributed by atoms with van der Waals surface area (Å²) in [5.74, 6) is 4.33. The molecule has 2 fully saturated rings. The van der Waals surface area contributed by atoms with Gasteiger partial charge in [0.15, 0.2) is 5.96 Å². The van der Waals surface area contributed by atoms with E-state index in [-0.39, 0.29) is 24.0 Å². The van der Waals surface area contributed by atoms with Crippen LogP contribution in [0.2, 0.25) is 0 Å². The van der Waals surface area contributed by atoms with Gasteiger partial charge in [0.25, 0.3) is 0 Å². The van der Waals surface area contributed by atoms with Crippen molar-refractivity contribution in [1.82, 2.24) is 25.4 Å². The number of halogens is 1. The number of hydrogen-bond acceptors (Lipinski definition) is 4. The largest absolute Gasteiger partial charge is 0.469 e. The van der Waals surface area contributed by atoms with Crippen molar-refractivity contribution < 1.29 is 4.42 Å². The number of aromatic nitrogens is 3. The van der Waals surface area contributed by atoms with E-state index < -0.39 is 0 Å². The van der Waals surface area contributed by atoms with Gasteiger partial charge in [-0.3, -0.25) is 10.1 Å². The highest BCUT2D eigenvalue weighted by Crippen LogP contribution is 2.26. The van der Waals surface area contributed by atoms with Gasteiger partial charge < -0.3 is 14.6 Å². The Labute approximate surface area is 190 Å². The molecule has 4 rings (SSSR count). The number of nitrogens with zero attached hydrogens (tertiary/aromatic N) is 4. The summed E-state index contributed by atoms with van der Waals surface area (Å²) in [4.78, 5) is 11.8. The van der Waals surface area contributed by atoms with Crippen LogP contribution in [0.5, 0.6) is 0 Å². The quantitative estimate of drug-likeness (QED) is 0.348. The summed E-state index contributed by atoms with van der Waals surface area (Å²) < 4.78 is 5.46. The Bertz CT molecular complexity index is 704. The van der Waals surface area contributed by atoms with Gasteiger partial charge in [0.1, 0.15) is 17.9 Å². The molecule has 7 nitrogen and oxygen atoms in total. The maximum Gasteiger partial charge on any atom is 0.193 e. The topological polar surface area (TPSA) is 82.3 Å². The van der Waals surface area contributed by atoms with Crippen molar-refractivity contribution in [2.24, 2.45) is 10.9 Å². The lowest BCUT2D eigenvalue weighted by molar-refractivity contribution is 0.296. The number of piperidine rings is 1. The highest BCUT2D eigenvalue weighted by atomic mass is 127. The van der Waals surface area contributed by atoms with Crippen molar-refractivity contribution in [2.75, 3.05) is 26.2 Å². The number of guanidine groups is 1. The molecule has 1 saturated carbocycles. The average Bonchev–Trinajstić information content (AvgIpc) is 3.46. The molecule has 0 aromatic carbocycles. The molecule has 2 aliphatic rings. The van der Waals surface area contributed by atoms with Crippen LogP contribution in [0, 0.1) is 5.92 Å². The highest BCUT2D eigenvalue weighted by Gasteiger charge is 2.24. The zero-order valence-corrected chi connectivity index (χ0v) is 19.4. The number of aromatic amines is 1. The predicted molar refractivity (Wildman–Crippen MR) is 125 cm³/mol. The van der Waals surface area contributed by atoms with Crippen LogP contribution >= 0.6 is 24.0 Å². The summed E-state index contributed by atoms with van der Waals surface area (Å²) in [5, 5.41) is 10.6. The Hall–Kier alpha value is -1.58. The summed E-state index contributed by atoms with van der Waals surface area (Å²) in [5.41, 5.74) is 0. The predicted octanol–water partition coefficient (Wildman–Crippen LogP) is 3.96. The number of likely N-dealkylation sites (tertiary alicyclic amines) is 1. The number of nitrogens with one attached hydrogen (secondary N) is 2. The van der Waals surface area contributed by atoms with Gasteiger partial charge in [-0.2, -0.15) is 5.10 Å². The Balaban J connectivity index is 0.00000240. The third kappa shape index (κ3) is 6.45. The van der Waals surface area contributed by atoms with Gasteiger partial charge in [-0.05, 0) is 43.7 Å². The smallest absolute Gasteiger partial charge is 0.193 e. The Morgan fingerprint density at radius 1 is 1.21 bits per heavy atom. The first kappa shape index (κ1) is 22.1. The van der Waals surface area contributed by atoms with Crippen LogP contribution < -0.4 is 5.32 Å². The van der Waals surface area contributed by atoms with Crippen LogP contribution in [-0.2, 0) is 6.42 Å². The molecule has 2 N–H and O–H groups in total. The first-order chi connectivity index (χ1) is 13.9. The third-order valence-corrected chi connectivity index (χ3v) is 6.07. The van der Waals surface area contributed by atoms with Crippen molar-refractivity contribution >= 4 is 29.9 Å². The molecule has 0 amide bonds. The van der Waals surface area contributed by atoms with Crippen molar-refractivity contribution in [2.45, 2.75) is 57.3 Å². The summed E-state index contributed by atoms with van der Waals surface area (Å²) in [7, 11) is 0. The molecular formula is C21H33IN6O. The van der Waals surface area contributed by atoms with Crippen LogP contribution in [0.25, 0.3) is 0 Å². The zero-order chi connectivity index (χ0) is 19.0. The van der Waals surface area contributed by atoms with Crippen molar-refractivity contribution in [3.63, 3.8) is 0 Å². The molecule has 160 valence electrons. The Kier molecular flexibility index (Phi) is 8.82. The molecule has 0 spiro atoms. The molecule has 3 heterocycles. The fourth-order valence-electron chi connectivity index (χ4n) is 4.38. The van der Waals surface area contributed by atoms with Gasteiger partial charge in [0.05, 0.1) is 6.26 Å². The molecular weight excluding hydrogens is 479 g/mol. The van der Waals surface area contributed by atoms with E-state index in [1.54, 1.807) is 12.6 Å². The van der Waals surface area contributed by atoms with Gasteiger partial charge in [-0.25, -0.2) is 4.98 Å². The SMILES string of the molecule is I.c1coc(CCNC(=NCC2CCCCC2)N2CCC(c3ncn[nH]3)CC2)c1. The van der Waals surface area contributed by atoms with E-state index in [0.717, 1.165) is 68.9 Å². The number of H-pyrrole nitrogens is 1. The normalized spacial score (nSPS) is 19.2. The minimum absolute atomic E-state index is 0. The molecule has 29 heavy (non-hydrogen) atoms. The molecule has 1 aliphatic carbocycles. The van der Waals surface area contributed by atoms with E-state index in [9.17, 15) is 0 Å². The number of hydrogen-bond donors (Lipinski definition) is 2. The van der Waals surface area contributed by atoms with E-state index in [4.69, 9.17) is 9.41 Å². The van der Waals surface area contributed by atoms with Crippen molar-refractivity contribution in [3.8, 4) is 0 Å². The summed E-state index contributed by atoms with van der Waals surface area (Å²) in [6, 6.07) is 3.98. The lowest BCUT2D eigenvalue weighted by atomic mass is 9.89. The van der Waals surface area contributed by atoms with E-state index in [0.29, 0.717) is 5.92 Å². The maximum absolute atomic E-state index is 5.46. The van der Waals surface area contributed by atoms with Crippen LogP contribution in [0.3, 0.4) is 0 Å². The van der Waals surface area contributed by atoms with Gasteiger partial charge in [-0.15, -0.1) is 24.0 Å². The van der Waals surface area contributed by atoms with Gasteiger partial charge in [0.2, 0.25) is 0 Å². The highest BCUT2D eigenvalue weighted by molar-refractivity contribution is 14.0. The van der Waals surface area contributed by atoms with Gasteiger partial charge in [-0.1, -0.05) is 19.3 Å². The minimum Gasteiger partial charge on any atom is -0.469 e. The molecule has 0 atom stereocenters. The average molecular weight is 512 g/mol. The lowest BCUT2D eigenvalue weighted by Gasteiger charge is -2.34.